The minimum absolute atomic E-state index is 0.272. The van der Waals surface area contributed by atoms with Gasteiger partial charge in [-0.25, -0.2) is 0 Å². The summed E-state index contributed by atoms with van der Waals surface area (Å²) in [5.41, 5.74) is 0. The van der Waals surface area contributed by atoms with Gasteiger partial charge in [0.1, 0.15) is 0 Å². The van der Waals surface area contributed by atoms with Crippen molar-refractivity contribution in [3.05, 3.63) is 0 Å². The van der Waals surface area contributed by atoms with Crippen molar-refractivity contribution < 1.29 is 4.79 Å². The lowest BCUT2D eigenvalue weighted by molar-refractivity contribution is -0.122. The average Bonchev–Trinajstić information content (AvgIpc) is 2.86. The molecule has 1 aliphatic heterocycles. The zero-order valence-corrected chi connectivity index (χ0v) is 9.43. The third-order valence-corrected chi connectivity index (χ3v) is 3.70. The number of rotatable bonds is 4. The lowest BCUT2D eigenvalue weighted by Gasteiger charge is -2.12. The molecule has 3 nitrogen and oxygen atoms in total. The maximum Gasteiger partial charge on any atom is 0.220 e. The molecule has 1 atom stereocenters. The first-order valence-electron chi connectivity index (χ1n) is 6.32. The summed E-state index contributed by atoms with van der Waals surface area (Å²) in [6.07, 6.45) is 7.15. The van der Waals surface area contributed by atoms with Crippen molar-refractivity contribution in [2.45, 2.75) is 38.5 Å². The van der Waals surface area contributed by atoms with Crippen molar-refractivity contribution >= 4 is 5.91 Å². The molecule has 0 aromatic rings. The van der Waals surface area contributed by atoms with E-state index in [0.29, 0.717) is 11.8 Å². The number of nitrogens with one attached hydrogen (secondary N) is 2. The van der Waals surface area contributed by atoms with Gasteiger partial charge in [-0.2, -0.15) is 0 Å². The van der Waals surface area contributed by atoms with Crippen LogP contribution in [-0.2, 0) is 4.79 Å². The Morgan fingerprint density at radius 2 is 2.00 bits per heavy atom. The topological polar surface area (TPSA) is 41.1 Å². The van der Waals surface area contributed by atoms with E-state index in [1.165, 1.54) is 32.1 Å². The van der Waals surface area contributed by atoms with Gasteiger partial charge in [0.15, 0.2) is 0 Å². The summed E-state index contributed by atoms with van der Waals surface area (Å²) < 4.78 is 0. The van der Waals surface area contributed by atoms with E-state index in [2.05, 4.69) is 10.6 Å². The minimum atomic E-state index is 0.272. The quantitative estimate of drug-likeness (QED) is 0.734. The second kappa shape index (κ2) is 5.50. The van der Waals surface area contributed by atoms with Gasteiger partial charge in [0, 0.05) is 13.0 Å². The Balaban J connectivity index is 1.59. The van der Waals surface area contributed by atoms with Crippen LogP contribution in [-0.4, -0.2) is 25.5 Å². The van der Waals surface area contributed by atoms with Crippen LogP contribution < -0.4 is 10.6 Å². The lowest BCUT2D eigenvalue weighted by Crippen LogP contribution is -2.31. The SMILES string of the molecule is O=C(CC1CCCC1)NCC1CCNC1. The van der Waals surface area contributed by atoms with Gasteiger partial charge in [0.2, 0.25) is 5.91 Å². The molecular weight excluding hydrogens is 188 g/mol. The van der Waals surface area contributed by atoms with Crippen molar-refractivity contribution in [2.75, 3.05) is 19.6 Å². The molecule has 2 fully saturated rings. The summed E-state index contributed by atoms with van der Waals surface area (Å²) in [7, 11) is 0. The van der Waals surface area contributed by atoms with Crippen LogP contribution in [0.15, 0.2) is 0 Å². The molecule has 15 heavy (non-hydrogen) atoms. The van der Waals surface area contributed by atoms with Gasteiger partial charge in [-0.1, -0.05) is 12.8 Å². The molecule has 0 spiro atoms. The van der Waals surface area contributed by atoms with Crippen LogP contribution in [0.1, 0.15) is 38.5 Å². The molecule has 1 heterocycles. The highest BCUT2D eigenvalue weighted by molar-refractivity contribution is 5.76. The van der Waals surface area contributed by atoms with Gasteiger partial charge in [0.05, 0.1) is 0 Å². The van der Waals surface area contributed by atoms with Crippen LogP contribution in [0.2, 0.25) is 0 Å². The molecular formula is C12H22N2O. The van der Waals surface area contributed by atoms with E-state index in [4.69, 9.17) is 0 Å². The molecule has 2 N–H and O–H groups in total. The summed E-state index contributed by atoms with van der Waals surface area (Å²) in [4.78, 5) is 11.6. The Bertz CT molecular complexity index is 206. The molecule has 0 radical (unpaired) electrons. The maximum atomic E-state index is 11.6. The van der Waals surface area contributed by atoms with Crippen LogP contribution in [0.5, 0.6) is 0 Å². The van der Waals surface area contributed by atoms with Gasteiger partial charge >= 0.3 is 0 Å². The number of amides is 1. The molecule has 2 rings (SSSR count). The van der Waals surface area contributed by atoms with E-state index in [1.54, 1.807) is 0 Å². The summed E-state index contributed by atoms with van der Waals surface area (Å²) in [6, 6.07) is 0. The Morgan fingerprint density at radius 1 is 1.20 bits per heavy atom. The van der Waals surface area contributed by atoms with E-state index in [-0.39, 0.29) is 5.91 Å². The van der Waals surface area contributed by atoms with Crippen molar-refractivity contribution in [1.82, 2.24) is 10.6 Å². The third kappa shape index (κ3) is 3.49. The second-order valence-electron chi connectivity index (χ2n) is 5.02. The zero-order valence-electron chi connectivity index (χ0n) is 9.43. The predicted molar refractivity (Wildman–Crippen MR) is 60.6 cm³/mol. The molecule has 1 unspecified atom stereocenters. The number of carbonyl (C=O) groups excluding carboxylic acids is 1. The predicted octanol–water partition coefficient (Wildman–Crippen LogP) is 1.29. The van der Waals surface area contributed by atoms with E-state index < -0.39 is 0 Å². The Kier molecular flexibility index (Phi) is 4.01. The fourth-order valence-corrected chi connectivity index (χ4v) is 2.70. The standard InChI is InChI=1S/C12H22N2O/c15-12(7-10-3-1-2-4-10)14-9-11-5-6-13-8-11/h10-11,13H,1-9H2,(H,14,15). The molecule has 0 aromatic heterocycles. The summed E-state index contributed by atoms with van der Waals surface area (Å²) in [5, 5.41) is 6.39. The van der Waals surface area contributed by atoms with Gasteiger partial charge < -0.3 is 10.6 Å². The highest BCUT2D eigenvalue weighted by Crippen LogP contribution is 2.27. The molecule has 2 aliphatic rings. The van der Waals surface area contributed by atoms with Crippen LogP contribution in [0.25, 0.3) is 0 Å². The number of hydrogen-bond acceptors (Lipinski definition) is 2. The van der Waals surface area contributed by atoms with E-state index in [0.717, 1.165) is 26.1 Å². The van der Waals surface area contributed by atoms with Gasteiger partial charge in [-0.15, -0.1) is 0 Å². The molecule has 86 valence electrons. The molecule has 0 bridgehead atoms. The minimum Gasteiger partial charge on any atom is -0.356 e. The van der Waals surface area contributed by atoms with Gasteiger partial charge in [0.25, 0.3) is 0 Å². The van der Waals surface area contributed by atoms with Gasteiger partial charge in [-0.05, 0) is 44.2 Å². The van der Waals surface area contributed by atoms with E-state index in [1.807, 2.05) is 0 Å². The van der Waals surface area contributed by atoms with Crippen LogP contribution in [0.4, 0.5) is 0 Å². The molecule has 1 saturated carbocycles. The second-order valence-corrected chi connectivity index (χ2v) is 5.02. The van der Waals surface area contributed by atoms with Crippen LogP contribution >= 0.6 is 0 Å². The van der Waals surface area contributed by atoms with Crippen molar-refractivity contribution in [3.8, 4) is 0 Å². The first kappa shape index (κ1) is 10.9. The average molecular weight is 210 g/mol. The highest BCUT2D eigenvalue weighted by atomic mass is 16.1. The number of hydrogen-bond donors (Lipinski definition) is 2. The van der Waals surface area contributed by atoms with Crippen LogP contribution in [0, 0.1) is 11.8 Å². The Labute approximate surface area is 92.0 Å². The normalized spacial score (nSPS) is 27.1. The largest absolute Gasteiger partial charge is 0.356 e. The van der Waals surface area contributed by atoms with Crippen molar-refractivity contribution in [2.24, 2.45) is 11.8 Å². The summed E-state index contributed by atoms with van der Waals surface area (Å²) in [5.74, 6) is 1.61. The fourth-order valence-electron chi connectivity index (χ4n) is 2.70. The molecule has 1 saturated heterocycles. The Morgan fingerprint density at radius 3 is 2.67 bits per heavy atom. The van der Waals surface area contributed by atoms with Crippen molar-refractivity contribution in [3.63, 3.8) is 0 Å². The number of carbonyl (C=O) groups is 1. The lowest BCUT2D eigenvalue weighted by atomic mass is 10.0. The fraction of sp³-hybridized carbons (Fsp3) is 0.917. The molecule has 3 heteroatoms. The van der Waals surface area contributed by atoms with Gasteiger partial charge in [-0.3, -0.25) is 4.79 Å². The van der Waals surface area contributed by atoms with Crippen molar-refractivity contribution in [1.29, 1.82) is 0 Å². The zero-order chi connectivity index (χ0) is 10.5. The first-order chi connectivity index (χ1) is 7.34. The summed E-state index contributed by atoms with van der Waals surface area (Å²) >= 11 is 0. The van der Waals surface area contributed by atoms with Crippen LogP contribution in [0.3, 0.4) is 0 Å². The smallest absolute Gasteiger partial charge is 0.220 e. The molecule has 1 aliphatic carbocycles. The monoisotopic (exact) mass is 210 g/mol. The Hall–Kier alpha value is -0.570. The maximum absolute atomic E-state index is 11.6. The summed E-state index contributed by atoms with van der Waals surface area (Å²) in [6.45, 7) is 3.06. The van der Waals surface area contributed by atoms with E-state index >= 15 is 0 Å². The molecule has 0 aromatic carbocycles. The highest BCUT2D eigenvalue weighted by Gasteiger charge is 2.19. The first-order valence-corrected chi connectivity index (χ1v) is 6.32. The van der Waals surface area contributed by atoms with E-state index in [9.17, 15) is 4.79 Å². The molecule has 1 amide bonds. The third-order valence-electron chi connectivity index (χ3n) is 3.70.